The third kappa shape index (κ3) is 1.66. The summed E-state index contributed by atoms with van der Waals surface area (Å²) in [6.07, 6.45) is 3.12. The molecule has 0 amide bonds. The molecule has 3 aromatic rings. The highest BCUT2D eigenvalue weighted by molar-refractivity contribution is 6.17. The molecular formula is C13H10ClN3O. The van der Waals surface area contributed by atoms with E-state index in [1.807, 2.05) is 24.3 Å². The van der Waals surface area contributed by atoms with Gasteiger partial charge in [0.15, 0.2) is 0 Å². The van der Waals surface area contributed by atoms with Gasteiger partial charge in [0.05, 0.1) is 22.7 Å². The van der Waals surface area contributed by atoms with Crippen molar-refractivity contribution in [1.29, 1.82) is 0 Å². The Balaban J connectivity index is 2.41. The zero-order valence-corrected chi connectivity index (χ0v) is 10.3. The summed E-state index contributed by atoms with van der Waals surface area (Å²) in [5.74, 6) is 0.383. The molecule has 0 saturated carbocycles. The fourth-order valence-electron chi connectivity index (χ4n) is 2.01. The summed E-state index contributed by atoms with van der Waals surface area (Å²) in [5, 5.41) is 1.42. The van der Waals surface area contributed by atoms with Gasteiger partial charge in [-0.3, -0.25) is 14.3 Å². The molecular weight excluding hydrogens is 250 g/mol. The lowest BCUT2D eigenvalue weighted by Gasteiger charge is -2.05. The Labute approximate surface area is 108 Å². The Morgan fingerprint density at radius 1 is 1.17 bits per heavy atom. The molecule has 1 aromatic carbocycles. The van der Waals surface area contributed by atoms with Crippen LogP contribution in [0.25, 0.3) is 21.8 Å². The molecule has 0 N–H and O–H groups in total. The lowest BCUT2D eigenvalue weighted by molar-refractivity contribution is 0.722. The molecule has 0 unspecified atom stereocenters. The van der Waals surface area contributed by atoms with Gasteiger partial charge >= 0.3 is 0 Å². The first-order valence-corrected chi connectivity index (χ1v) is 6.13. The van der Waals surface area contributed by atoms with E-state index in [1.165, 1.54) is 4.57 Å². The van der Waals surface area contributed by atoms with Gasteiger partial charge in [-0.1, -0.05) is 18.2 Å². The second-order valence-electron chi connectivity index (χ2n) is 3.97. The molecule has 90 valence electrons. The molecule has 3 rings (SSSR count). The molecule has 2 heterocycles. The van der Waals surface area contributed by atoms with E-state index in [9.17, 15) is 4.79 Å². The molecule has 2 aromatic heterocycles. The average Bonchev–Trinajstić information content (AvgIpc) is 2.42. The van der Waals surface area contributed by atoms with Crippen LogP contribution in [-0.4, -0.2) is 20.4 Å². The van der Waals surface area contributed by atoms with Crippen LogP contribution < -0.4 is 5.56 Å². The number of hydrogen-bond acceptors (Lipinski definition) is 3. The summed E-state index contributed by atoms with van der Waals surface area (Å²) >= 11 is 5.65. The highest BCUT2D eigenvalue weighted by Gasteiger charge is 2.07. The minimum atomic E-state index is -0.0982. The zero-order chi connectivity index (χ0) is 12.5. The van der Waals surface area contributed by atoms with Gasteiger partial charge < -0.3 is 0 Å². The Bertz CT molecular complexity index is 782. The first kappa shape index (κ1) is 11.2. The standard InChI is InChI=1S/C13H10ClN3O/c14-5-6-17-8-16-12-9-3-1-2-4-11(9)15-7-10(12)13(17)18/h1-4,7-8H,5-6H2. The van der Waals surface area contributed by atoms with Gasteiger partial charge in [0, 0.05) is 24.0 Å². The normalized spacial score (nSPS) is 11.2. The van der Waals surface area contributed by atoms with Crippen LogP contribution in [0.15, 0.2) is 41.6 Å². The Morgan fingerprint density at radius 2 is 2.00 bits per heavy atom. The zero-order valence-electron chi connectivity index (χ0n) is 9.51. The van der Waals surface area contributed by atoms with Crippen molar-refractivity contribution in [1.82, 2.24) is 14.5 Å². The van der Waals surface area contributed by atoms with E-state index in [0.717, 1.165) is 10.9 Å². The van der Waals surface area contributed by atoms with Crippen molar-refractivity contribution < 1.29 is 0 Å². The second kappa shape index (κ2) is 4.38. The smallest absolute Gasteiger partial charge is 0.262 e. The van der Waals surface area contributed by atoms with Crippen LogP contribution in [0.4, 0.5) is 0 Å². The van der Waals surface area contributed by atoms with Gasteiger partial charge in [0.25, 0.3) is 5.56 Å². The second-order valence-corrected chi connectivity index (χ2v) is 4.35. The van der Waals surface area contributed by atoms with Crippen LogP contribution in [0.1, 0.15) is 0 Å². The maximum absolute atomic E-state index is 12.2. The summed E-state index contributed by atoms with van der Waals surface area (Å²) in [5.41, 5.74) is 1.43. The van der Waals surface area contributed by atoms with Gasteiger partial charge in [0.1, 0.15) is 0 Å². The van der Waals surface area contributed by atoms with Crippen molar-refractivity contribution in [2.75, 3.05) is 5.88 Å². The molecule has 0 spiro atoms. The van der Waals surface area contributed by atoms with Crippen molar-refractivity contribution in [2.24, 2.45) is 0 Å². The van der Waals surface area contributed by atoms with Crippen LogP contribution >= 0.6 is 11.6 Å². The number of halogens is 1. The SMILES string of the molecule is O=c1c2cnc3ccccc3c2ncn1CCCl. The summed E-state index contributed by atoms with van der Waals surface area (Å²) in [6.45, 7) is 0.455. The topological polar surface area (TPSA) is 47.8 Å². The molecule has 0 aliphatic rings. The number of nitrogens with zero attached hydrogens (tertiary/aromatic N) is 3. The molecule has 4 nitrogen and oxygen atoms in total. The van der Waals surface area contributed by atoms with E-state index in [1.54, 1.807) is 12.5 Å². The largest absolute Gasteiger partial charge is 0.297 e. The van der Waals surface area contributed by atoms with Crippen LogP contribution in [0, 0.1) is 0 Å². The van der Waals surface area contributed by atoms with Gasteiger partial charge in [-0.2, -0.15) is 0 Å². The minimum absolute atomic E-state index is 0.0982. The highest BCUT2D eigenvalue weighted by Crippen LogP contribution is 2.18. The molecule has 5 heteroatoms. The molecule has 0 atom stereocenters. The van der Waals surface area contributed by atoms with Gasteiger partial charge in [-0.25, -0.2) is 4.98 Å². The quantitative estimate of drug-likeness (QED) is 0.524. The maximum Gasteiger partial charge on any atom is 0.262 e. The van der Waals surface area contributed by atoms with Crippen molar-refractivity contribution in [3.05, 3.63) is 47.1 Å². The number of para-hydroxylation sites is 1. The number of benzene rings is 1. The number of aromatic nitrogens is 3. The van der Waals surface area contributed by atoms with E-state index in [4.69, 9.17) is 11.6 Å². The molecule has 0 aliphatic carbocycles. The molecule has 0 saturated heterocycles. The fourth-order valence-corrected chi connectivity index (χ4v) is 2.19. The first-order valence-electron chi connectivity index (χ1n) is 5.60. The Kier molecular flexibility index (Phi) is 2.72. The van der Waals surface area contributed by atoms with Crippen molar-refractivity contribution in [3.8, 4) is 0 Å². The first-order chi connectivity index (χ1) is 8.81. The van der Waals surface area contributed by atoms with Crippen molar-refractivity contribution >= 4 is 33.4 Å². The number of alkyl halides is 1. The Morgan fingerprint density at radius 3 is 2.83 bits per heavy atom. The van der Waals surface area contributed by atoms with Crippen LogP contribution in [-0.2, 0) is 6.54 Å². The van der Waals surface area contributed by atoms with Gasteiger partial charge in [-0.05, 0) is 6.07 Å². The van der Waals surface area contributed by atoms with E-state index < -0.39 is 0 Å². The van der Waals surface area contributed by atoms with E-state index in [2.05, 4.69) is 9.97 Å². The third-order valence-corrected chi connectivity index (χ3v) is 3.06. The molecule has 18 heavy (non-hydrogen) atoms. The molecule has 0 bridgehead atoms. The molecule has 0 aliphatic heterocycles. The summed E-state index contributed by atoms with van der Waals surface area (Å²) < 4.78 is 1.51. The summed E-state index contributed by atoms with van der Waals surface area (Å²) in [7, 11) is 0. The van der Waals surface area contributed by atoms with Gasteiger partial charge in [-0.15, -0.1) is 11.6 Å². The number of fused-ring (bicyclic) bond motifs is 3. The molecule has 0 radical (unpaired) electrons. The average molecular weight is 260 g/mol. The number of hydrogen-bond donors (Lipinski definition) is 0. The predicted molar refractivity (Wildman–Crippen MR) is 72.0 cm³/mol. The lowest BCUT2D eigenvalue weighted by atomic mass is 10.1. The van der Waals surface area contributed by atoms with E-state index in [-0.39, 0.29) is 5.56 Å². The van der Waals surface area contributed by atoms with Gasteiger partial charge in [0.2, 0.25) is 0 Å². The number of aryl methyl sites for hydroxylation is 1. The van der Waals surface area contributed by atoms with Crippen LogP contribution in [0.3, 0.4) is 0 Å². The van der Waals surface area contributed by atoms with Crippen LogP contribution in [0.5, 0.6) is 0 Å². The van der Waals surface area contributed by atoms with E-state index in [0.29, 0.717) is 23.3 Å². The van der Waals surface area contributed by atoms with Crippen molar-refractivity contribution in [3.63, 3.8) is 0 Å². The fraction of sp³-hybridized carbons (Fsp3) is 0.154. The maximum atomic E-state index is 12.2. The monoisotopic (exact) mass is 259 g/mol. The third-order valence-electron chi connectivity index (χ3n) is 2.89. The number of pyridine rings is 1. The lowest BCUT2D eigenvalue weighted by Crippen LogP contribution is -2.21. The molecule has 0 fully saturated rings. The Hall–Kier alpha value is -1.94. The minimum Gasteiger partial charge on any atom is -0.297 e. The highest BCUT2D eigenvalue weighted by atomic mass is 35.5. The summed E-state index contributed by atoms with van der Waals surface area (Å²) in [4.78, 5) is 20.8. The van der Waals surface area contributed by atoms with E-state index >= 15 is 0 Å². The predicted octanol–water partition coefficient (Wildman–Crippen LogP) is 2.18. The van der Waals surface area contributed by atoms with Crippen molar-refractivity contribution in [2.45, 2.75) is 6.54 Å². The summed E-state index contributed by atoms with van der Waals surface area (Å²) in [6, 6.07) is 7.65. The van der Waals surface area contributed by atoms with Crippen LogP contribution in [0.2, 0.25) is 0 Å². The number of rotatable bonds is 2.